The first kappa shape index (κ1) is 13.5. The Morgan fingerprint density at radius 1 is 1.21 bits per heavy atom. The van der Waals surface area contributed by atoms with Crippen LogP contribution in [0.2, 0.25) is 5.02 Å². The van der Waals surface area contributed by atoms with Crippen molar-refractivity contribution in [1.29, 1.82) is 0 Å². The fourth-order valence-corrected chi connectivity index (χ4v) is 1.78. The summed E-state index contributed by atoms with van der Waals surface area (Å²) >= 11 is 5.84. The van der Waals surface area contributed by atoms with Gasteiger partial charge in [-0.25, -0.2) is 8.78 Å². The maximum absolute atomic E-state index is 13.5. The van der Waals surface area contributed by atoms with E-state index in [9.17, 15) is 13.6 Å². The largest absolute Gasteiger partial charge is 0.489 e. The molecule has 2 rings (SSSR count). The first-order valence-corrected chi connectivity index (χ1v) is 5.79. The summed E-state index contributed by atoms with van der Waals surface area (Å²) in [6.45, 7) is -0.146. The van der Waals surface area contributed by atoms with E-state index in [0.29, 0.717) is 6.29 Å². The monoisotopic (exact) mass is 282 g/mol. The zero-order chi connectivity index (χ0) is 13.8. The van der Waals surface area contributed by atoms with Crippen LogP contribution < -0.4 is 4.74 Å². The predicted molar refractivity (Wildman–Crippen MR) is 67.5 cm³/mol. The number of ether oxygens (including phenoxy) is 1. The van der Waals surface area contributed by atoms with E-state index in [4.69, 9.17) is 16.3 Å². The minimum Gasteiger partial charge on any atom is -0.489 e. The van der Waals surface area contributed by atoms with Crippen LogP contribution in [0, 0.1) is 11.6 Å². The molecule has 0 aliphatic carbocycles. The van der Waals surface area contributed by atoms with Crippen molar-refractivity contribution in [3.8, 4) is 5.75 Å². The Balaban J connectivity index is 2.19. The van der Waals surface area contributed by atoms with Gasteiger partial charge in [0, 0.05) is 17.2 Å². The molecule has 0 bridgehead atoms. The minimum atomic E-state index is -0.598. The second-order valence-corrected chi connectivity index (χ2v) is 4.23. The number of hydrogen-bond acceptors (Lipinski definition) is 2. The zero-order valence-corrected chi connectivity index (χ0v) is 10.5. The van der Waals surface area contributed by atoms with E-state index in [1.165, 1.54) is 24.3 Å². The van der Waals surface area contributed by atoms with Crippen molar-refractivity contribution in [2.45, 2.75) is 6.61 Å². The third-order valence-electron chi connectivity index (χ3n) is 2.47. The van der Waals surface area contributed by atoms with E-state index in [0.717, 1.165) is 12.1 Å². The third kappa shape index (κ3) is 3.29. The molecule has 0 aliphatic rings. The van der Waals surface area contributed by atoms with Crippen molar-refractivity contribution in [2.24, 2.45) is 0 Å². The number of rotatable bonds is 4. The molecule has 0 unspecified atom stereocenters. The summed E-state index contributed by atoms with van der Waals surface area (Å²) in [5.74, 6) is -0.958. The van der Waals surface area contributed by atoms with Gasteiger partial charge >= 0.3 is 0 Å². The highest BCUT2D eigenvalue weighted by atomic mass is 35.5. The summed E-state index contributed by atoms with van der Waals surface area (Å²) in [7, 11) is 0. The summed E-state index contributed by atoms with van der Waals surface area (Å²) in [4.78, 5) is 10.6. The first-order chi connectivity index (χ1) is 9.10. The molecule has 98 valence electrons. The van der Waals surface area contributed by atoms with Crippen LogP contribution in [0.1, 0.15) is 15.9 Å². The molecule has 2 aromatic carbocycles. The van der Waals surface area contributed by atoms with Crippen LogP contribution in [-0.2, 0) is 6.61 Å². The van der Waals surface area contributed by atoms with Crippen LogP contribution in [0.4, 0.5) is 8.78 Å². The van der Waals surface area contributed by atoms with Crippen LogP contribution in [-0.4, -0.2) is 6.29 Å². The molecule has 5 heteroatoms. The molecule has 0 atom stereocenters. The third-order valence-corrected chi connectivity index (χ3v) is 2.83. The summed E-state index contributed by atoms with van der Waals surface area (Å²) in [5, 5.41) is 0.229. The van der Waals surface area contributed by atoms with Gasteiger partial charge in [-0.05, 0) is 24.3 Å². The van der Waals surface area contributed by atoms with E-state index in [2.05, 4.69) is 0 Å². The second-order valence-electron chi connectivity index (χ2n) is 3.83. The topological polar surface area (TPSA) is 26.3 Å². The summed E-state index contributed by atoms with van der Waals surface area (Å²) in [6.07, 6.45) is 0.506. The van der Waals surface area contributed by atoms with Gasteiger partial charge in [0.2, 0.25) is 0 Å². The SMILES string of the molecule is O=Cc1cc(F)cc(OCc2c(F)cccc2Cl)c1. The number of benzene rings is 2. The molecule has 0 saturated heterocycles. The van der Waals surface area contributed by atoms with E-state index >= 15 is 0 Å². The highest BCUT2D eigenvalue weighted by Crippen LogP contribution is 2.22. The Kier molecular flexibility index (Phi) is 4.12. The van der Waals surface area contributed by atoms with E-state index in [1.807, 2.05) is 0 Å². The van der Waals surface area contributed by atoms with Gasteiger partial charge in [-0.2, -0.15) is 0 Å². The smallest absolute Gasteiger partial charge is 0.150 e. The average Bonchev–Trinajstić information content (AvgIpc) is 2.37. The Morgan fingerprint density at radius 2 is 2.00 bits per heavy atom. The lowest BCUT2D eigenvalue weighted by molar-refractivity contribution is 0.112. The van der Waals surface area contributed by atoms with Gasteiger partial charge in [-0.15, -0.1) is 0 Å². The van der Waals surface area contributed by atoms with Gasteiger partial charge in [0.05, 0.1) is 5.02 Å². The Bertz CT molecular complexity index is 594. The van der Waals surface area contributed by atoms with Gasteiger partial charge in [0.1, 0.15) is 30.3 Å². The predicted octanol–water partition coefficient (Wildman–Crippen LogP) is 4.01. The molecule has 2 nitrogen and oxygen atoms in total. The van der Waals surface area contributed by atoms with Crippen LogP contribution in [0.15, 0.2) is 36.4 Å². The molecule has 19 heavy (non-hydrogen) atoms. The summed E-state index contributed by atoms with van der Waals surface area (Å²) < 4.78 is 31.9. The van der Waals surface area contributed by atoms with Crippen molar-refractivity contribution >= 4 is 17.9 Å². The molecular weight excluding hydrogens is 274 g/mol. The van der Waals surface area contributed by atoms with Crippen LogP contribution in [0.3, 0.4) is 0 Å². The molecule has 0 radical (unpaired) electrons. The average molecular weight is 283 g/mol. The van der Waals surface area contributed by atoms with E-state index in [1.54, 1.807) is 0 Å². The lowest BCUT2D eigenvalue weighted by Crippen LogP contribution is -2.00. The molecule has 2 aromatic rings. The fraction of sp³-hybridized carbons (Fsp3) is 0.0714. The number of halogens is 3. The summed E-state index contributed by atoms with van der Waals surface area (Å²) in [5.41, 5.74) is 0.329. The molecule has 0 N–H and O–H groups in total. The molecule has 0 spiro atoms. The van der Waals surface area contributed by atoms with Gasteiger partial charge in [-0.3, -0.25) is 4.79 Å². The highest BCUT2D eigenvalue weighted by molar-refractivity contribution is 6.31. The molecule has 0 fully saturated rings. The number of hydrogen-bond donors (Lipinski definition) is 0. The molecular formula is C14H9ClF2O2. The zero-order valence-electron chi connectivity index (χ0n) is 9.70. The second kappa shape index (κ2) is 5.80. The number of carbonyl (C=O) groups is 1. The van der Waals surface area contributed by atoms with Crippen LogP contribution in [0.25, 0.3) is 0 Å². The lowest BCUT2D eigenvalue weighted by Gasteiger charge is -2.09. The van der Waals surface area contributed by atoms with Crippen molar-refractivity contribution in [3.63, 3.8) is 0 Å². The van der Waals surface area contributed by atoms with Crippen molar-refractivity contribution in [2.75, 3.05) is 0 Å². The quantitative estimate of drug-likeness (QED) is 0.792. The Labute approximate surface area is 113 Å². The normalized spacial score (nSPS) is 10.3. The molecule has 0 aromatic heterocycles. The highest BCUT2D eigenvalue weighted by Gasteiger charge is 2.08. The lowest BCUT2D eigenvalue weighted by atomic mass is 10.2. The van der Waals surface area contributed by atoms with Crippen molar-refractivity contribution in [3.05, 3.63) is 64.2 Å². The Morgan fingerprint density at radius 3 is 2.68 bits per heavy atom. The fourth-order valence-electron chi connectivity index (χ4n) is 1.56. The van der Waals surface area contributed by atoms with Gasteiger partial charge in [-0.1, -0.05) is 17.7 Å². The minimum absolute atomic E-state index is 0.140. The van der Waals surface area contributed by atoms with E-state index in [-0.39, 0.29) is 28.5 Å². The molecule has 0 saturated carbocycles. The van der Waals surface area contributed by atoms with Gasteiger partial charge in [0.25, 0.3) is 0 Å². The Hall–Kier alpha value is -1.94. The maximum Gasteiger partial charge on any atom is 0.150 e. The van der Waals surface area contributed by atoms with E-state index < -0.39 is 11.6 Å². The number of aldehydes is 1. The van der Waals surface area contributed by atoms with Gasteiger partial charge in [0.15, 0.2) is 0 Å². The van der Waals surface area contributed by atoms with Crippen LogP contribution in [0.5, 0.6) is 5.75 Å². The van der Waals surface area contributed by atoms with Crippen molar-refractivity contribution in [1.82, 2.24) is 0 Å². The molecule has 0 heterocycles. The maximum atomic E-state index is 13.5. The van der Waals surface area contributed by atoms with Crippen LogP contribution >= 0.6 is 11.6 Å². The molecule has 0 aliphatic heterocycles. The standard InChI is InChI=1S/C14H9ClF2O2/c15-13-2-1-3-14(17)12(13)8-19-11-5-9(7-18)4-10(16)6-11/h1-7H,8H2. The molecule has 0 amide bonds. The van der Waals surface area contributed by atoms with Crippen molar-refractivity contribution < 1.29 is 18.3 Å². The van der Waals surface area contributed by atoms with Gasteiger partial charge < -0.3 is 4.74 Å². The first-order valence-electron chi connectivity index (χ1n) is 5.41. The summed E-state index contributed by atoms with van der Waals surface area (Å²) in [6, 6.07) is 7.83. The number of carbonyl (C=O) groups excluding carboxylic acids is 1.